The Balaban J connectivity index is 0.000000230. The van der Waals surface area contributed by atoms with E-state index in [1.807, 2.05) is 0 Å². The third kappa shape index (κ3) is 15.0. The summed E-state index contributed by atoms with van der Waals surface area (Å²) in [5.41, 5.74) is -8.48. The molecule has 0 saturated carbocycles. The van der Waals surface area contributed by atoms with Gasteiger partial charge in [0.05, 0.1) is 60.5 Å². The molecule has 0 spiro atoms. The van der Waals surface area contributed by atoms with E-state index in [-0.39, 0.29) is 32.7 Å². The zero-order valence-electron chi connectivity index (χ0n) is 43.1. The summed E-state index contributed by atoms with van der Waals surface area (Å²) in [6, 6.07) is 11.3. The van der Waals surface area contributed by atoms with Crippen LogP contribution >= 0.6 is 0 Å². The van der Waals surface area contributed by atoms with E-state index in [2.05, 4.69) is 15.3 Å². The van der Waals surface area contributed by atoms with Crippen molar-refractivity contribution >= 4 is 45.6 Å². The molecule has 0 radical (unpaired) electrons. The summed E-state index contributed by atoms with van der Waals surface area (Å²) in [5.74, 6) is -2.19. The van der Waals surface area contributed by atoms with Crippen LogP contribution in [0.3, 0.4) is 0 Å². The first-order chi connectivity index (χ1) is 37.4. The number of hydrogen-bond donors (Lipinski definition) is 1. The molecule has 34 heteroatoms. The van der Waals surface area contributed by atoms with Gasteiger partial charge in [0.2, 0.25) is 11.5 Å². The van der Waals surface area contributed by atoms with Crippen LogP contribution in [0.25, 0.3) is 33.4 Å². The number of benzene rings is 4. The molecule has 0 aliphatic carbocycles. The average Bonchev–Trinajstić information content (AvgIpc) is 3.50. The van der Waals surface area contributed by atoms with E-state index >= 15 is 0 Å². The molecule has 7 aromatic rings. The number of carbonyl (C=O) groups is 1. The van der Waals surface area contributed by atoms with Gasteiger partial charge in [0.15, 0.2) is 29.5 Å². The molecule has 0 saturated heterocycles. The SMILES string of the molecule is CC(=O)Oc1c(-c2ccc(C(F)(F)F)cc2S(C)(=O)=O)cnn(C)c1=O.Cc1ccc(S(=O)(=O)Oc2c(-c3ccc(C(F)(F)F)cc3S(C)(=O)=O)cnn(C)c2=O)cc1.Cn1[nH]cc(-c2ccc(C(F)(F)F)cc2S(C)(=O)=O)c(=O)c1=O. The quantitative estimate of drug-likeness (QED) is 0.0721. The fourth-order valence-electron chi connectivity index (χ4n) is 7.04. The Labute approximate surface area is 457 Å². The van der Waals surface area contributed by atoms with Gasteiger partial charge in [-0.25, -0.2) is 34.6 Å². The van der Waals surface area contributed by atoms with Crippen LogP contribution in [-0.2, 0) is 84.1 Å². The molecule has 0 amide bonds. The Hall–Kier alpha value is -8.24. The van der Waals surface area contributed by atoms with Gasteiger partial charge in [-0.05, 0) is 55.5 Å². The zero-order valence-corrected chi connectivity index (χ0v) is 46.4. The molecule has 0 bridgehead atoms. The van der Waals surface area contributed by atoms with E-state index in [1.165, 1.54) is 45.4 Å². The molecule has 82 heavy (non-hydrogen) atoms. The number of halogens is 9. The third-order valence-electron chi connectivity index (χ3n) is 11.1. The lowest BCUT2D eigenvalue weighted by Gasteiger charge is -2.15. The first kappa shape index (κ1) is 64.6. The summed E-state index contributed by atoms with van der Waals surface area (Å²) in [4.78, 5) is 57.4. The Morgan fingerprint density at radius 2 is 0.866 bits per heavy atom. The number of alkyl halides is 9. The molecule has 440 valence electrons. The van der Waals surface area contributed by atoms with Crippen molar-refractivity contribution in [1.82, 2.24) is 29.3 Å². The number of aromatic nitrogens is 6. The van der Waals surface area contributed by atoms with Crippen LogP contribution in [0.1, 0.15) is 29.2 Å². The van der Waals surface area contributed by atoms with E-state index in [9.17, 15) is 97.2 Å². The lowest BCUT2D eigenvalue weighted by molar-refractivity contribution is -0.138. The summed E-state index contributed by atoms with van der Waals surface area (Å²) in [6.07, 6.45) is -9.15. The van der Waals surface area contributed by atoms with Crippen molar-refractivity contribution in [2.75, 3.05) is 18.8 Å². The number of carbonyl (C=O) groups excluding carboxylic acids is 1. The van der Waals surface area contributed by atoms with Crippen molar-refractivity contribution in [2.45, 2.75) is 52.0 Å². The number of hydrogen-bond acceptors (Lipinski definition) is 17. The molecule has 3 heterocycles. The average molecular weight is 1240 g/mol. The van der Waals surface area contributed by atoms with E-state index in [0.717, 1.165) is 75.8 Å². The molecule has 0 aliphatic heterocycles. The second kappa shape index (κ2) is 23.3. The minimum Gasteiger partial charge on any atom is -0.420 e. The van der Waals surface area contributed by atoms with Crippen LogP contribution in [0.2, 0.25) is 0 Å². The standard InChI is InChI=1S/C20H17F3N2O6S2.C15H13F3N2O5S.C13H11F3N2O4S/c1-12-4-7-14(8-5-12)33(29,30)31-18-16(11-24-25(2)19(18)26)15-9-6-13(20(21,22)23)10-17(15)32(3,27)28;1-8(21)25-13-11(7-19-20(2)14(13)22)10-5-4-9(15(16,17)18)6-12(10)26(3,23)24;1-18-12(20)11(19)9(6-17-18)8-4-3-7(13(14,15)16)5-10(8)23(2,21)22/h4-11H,1-3H3;4-7H,1-3H3;3-6,17H,1-2H3. The molecule has 21 nitrogen and oxygen atoms in total. The molecule has 3 aromatic heterocycles. The highest BCUT2D eigenvalue weighted by atomic mass is 32.2. The van der Waals surface area contributed by atoms with Crippen LogP contribution in [0.15, 0.2) is 136 Å². The van der Waals surface area contributed by atoms with Crippen molar-refractivity contribution in [1.29, 1.82) is 0 Å². The molecular formula is C48H41F9N6O15S4. The molecule has 1 N–H and O–H groups in total. The van der Waals surface area contributed by atoms with Gasteiger partial charge in [0.25, 0.3) is 5.43 Å². The Bertz CT molecular complexity index is 4410. The molecule has 0 aliphatic rings. The van der Waals surface area contributed by atoms with Gasteiger partial charge in [-0.2, -0.15) is 58.1 Å². The van der Waals surface area contributed by atoms with Crippen LogP contribution in [0.5, 0.6) is 11.5 Å². The number of ether oxygens (including phenoxy) is 1. The lowest BCUT2D eigenvalue weighted by atomic mass is 10.0. The normalized spacial score (nSPS) is 12.4. The molecule has 7 rings (SSSR count). The van der Waals surface area contributed by atoms with Gasteiger partial charge < -0.3 is 14.0 Å². The monoisotopic (exact) mass is 1240 g/mol. The molecular weight excluding hydrogens is 1200 g/mol. The predicted molar refractivity (Wildman–Crippen MR) is 272 cm³/mol. The predicted octanol–water partition coefficient (Wildman–Crippen LogP) is 5.90. The fourth-order valence-corrected chi connectivity index (χ4v) is 10.7. The van der Waals surface area contributed by atoms with Crippen LogP contribution in [0, 0.1) is 6.92 Å². The number of esters is 1. The first-order valence-electron chi connectivity index (χ1n) is 22.2. The highest BCUT2D eigenvalue weighted by molar-refractivity contribution is 7.91. The number of aryl methyl sites for hydroxylation is 4. The number of nitrogens with one attached hydrogen (secondary N) is 1. The maximum absolute atomic E-state index is 13.2. The smallest absolute Gasteiger partial charge is 0.416 e. The molecule has 4 aromatic carbocycles. The van der Waals surface area contributed by atoms with Crippen LogP contribution < -0.4 is 31.0 Å². The summed E-state index contributed by atoms with van der Waals surface area (Å²) >= 11 is 0. The second-order valence-corrected chi connectivity index (χ2v) is 24.9. The summed E-state index contributed by atoms with van der Waals surface area (Å²) in [7, 11) is -13.2. The lowest BCUT2D eigenvalue weighted by Crippen LogP contribution is -2.35. The van der Waals surface area contributed by atoms with Gasteiger partial charge in [-0.3, -0.25) is 28.7 Å². The van der Waals surface area contributed by atoms with Crippen LogP contribution in [-0.4, -0.2) is 87.7 Å². The maximum Gasteiger partial charge on any atom is 0.416 e. The maximum atomic E-state index is 13.2. The minimum atomic E-state index is -4.84. The fraction of sp³-hybridized carbons (Fsp3) is 0.229. The van der Waals surface area contributed by atoms with Gasteiger partial charge in [0.1, 0.15) is 4.90 Å². The van der Waals surface area contributed by atoms with E-state index in [1.54, 1.807) is 6.92 Å². The largest absolute Gasteiger partial charge is 0.420 e. The number of nitrogens with zero attached hydrogens (tertiary/aromatic N) is 5. The van der Waals surface area contributed by atoms with Crippen molar-refractivity contribution in [3.05, 3.63) is 161 Å². The van der Waals surface area contributed by atoms with Crippen LogP contribution in [0.4, 0.5) is 39.5 Å². The molecule has 0 unspecified atom stereocenters. The number of rotatable bonds is 10. The summed E-state index contributed by atoms with van der Waals surface area (Å²) in [5, 5.41) is 9.87. The van der Waals surface area contributed by atoms with Gasteiger partial charge in [-0.15, -0.1) is 0 Å². The summed E-state index contributed by atoms with van der Waals surface area (Å²) in [6.45, 7) is 2.75. The Morgan fingerprint density at radius 3 is 1.22 bits per heavy atom. The second-order valence-electron chi connectivity index (χ2n) is 17.4. The van der Waals surface area contributed by atoms with Crippen molar-refractivity contribution < 1.29 is 86.9 Å². The number of sulfone groups is 3. The van der Waals surface area contributed by atoms with Crippen molar-refractivity contribution in [3.8, 4) is 44.9 Å². The molecule has 0 fully saturated rings. The molecule has 0 atom stereocenters. The third-order valence-corrected chi connectivity index (χ3v) is 15.7. The summed E-state index contributed by atoms with van der Waals surface area (Å²) < 4.78 is 227. The number of H-pyrrole nitrogens is 1. The van der Waals surface area contributed by atoms with Gasteiger partial charge in [0, 0.05) is 69.7 Å². The van der Waals surface area contributed by atoms with E-state index < -0.39 is 135 Å². The highest BCUT2D eigenvalue weighted by Gasteiger charge is 2.36. The van der Waals surface area contributed by atoms with Gasteiger partial charge in [-0.1, -0.05) is 35.9 Å². The zero-order chi connectivity index (χ0) is 62.2. The Morgan fingerprint density at radius 1 is 0.512 bits per heavy atom. The van der Waals surface area contributed by atoms with E-state index in [0.29, 0.717) is 42.7 Å². The Kier molecular flexibility index (Phi) is 18.4. The topological polar surface area (TPSA) is 297 Å². The van der Waals surface area contributed by atoms with Crippen molar-refractivity contribution in [3.63, 3.8) is 0 Å². The number of aromatic amines is 1. The minimum absolute atomic E-state index is 0.211. The first-order valence-corrected chi connectivity index (χ1v) is 29.3. The van der Waals surface area contributed by atoms with Crippen molar-refractivity contribution in [2.24, 2.45) is 21.1 Å². The highest BCUT2D eigenvalue weighted by Crippen LogP contribution is 2.40. The van der Waals surface area contributed by atoms with Gasteiger partial charge >= 0.3 is 51.3 Å². The van der Waals surface area contributed by atoms with E-state index in [4.69, 9.17) is 8.92 Å².